The van der Waals surface area contributed by atoms with Gasteiger partial charge in [-0.2, -0.15) is 0 Å². The van der Waals surface area contributed by atoms with Crippen molar-refractivity contribution in [2.24, 2.45) is 0 Å². The number of aromatic nitrogens is 2. The van der Waals surface area contributed by atoms with E-state index >= 15 is 0 Å². The van der Waals surface area contributed by atoms with Crippen LogP contribution in [0.1, 0.15) is 25.7 Å². The quantitative estimate of drug-likeness (QED) is 0.802. The summed E-state index contributed by atoms with van der Waals surface area (Å²) < 4.78 is 0.716. The van der Waals surface area contributed by atoms with Gasteiger partial charge in [-0.3, -0.25) is 9.69 Å². The Kier molecular flexibility index (Phi) is 4.42. The Morgan fingerprint density at radius 2 is 2.30 bits per heavy atom. The van der Waals surface area contributed by atoms with Gasteiger partial charge in [-0.15, -0.1) is 10.2 Å². The summed E-state index contributed by atoms with van der Waals surface area (Å²) in [6, 6.07) is 1.09. The van der Waals surface area contributed by atoms with Crippen molar-refractivity contribution in [2.45, 2.75) is 42.1 Å². The molecule has 1 aromatic rings. The first-order valence-electron chi connectivity index (χ1n) is 6.91. The van der Waals surface area contributed by atoms with Crippen molar-refractivity contribution in [2.75, 3.05) is 24.2 Å². The molecular weight excluding hydrogens is 296 g/mol. The first-order chi connectivity index (χ1) is 9.72. The summed E-state index contributed by atoms with van der Waals surface area (Å²) >= 11 is 2.67. The minimum atomic E-state index is -0.826. The van der Waals surface area contributed by atoms with Crippen LogP contribution in [0.4, 0.5) is 5.13 Å². The van der Waals surface area contributed by atoms with Crippen molar-refractivity contribution < 1.29 is 9.90 Å². The molecule has 0 amide bonds. The van der Waals surface area contributed by atoms with Crippen molar-refractivity contribution in [3.05, 3.63) is 0 Å². The highest BCUT2D eigenvalue weighted by Gasteiger charge is 2.35. The number of aliphatic carboxylic acids is 1. The highest BCUT2D eigenvalue weighted by Crippen LogP contribution is 2.31. The highest BCUT2D eigenvalue weighted by molar-refractivity contribution is 8.01. The fourth-order valence-corrected chi connectivity index (χ4v) is 4.56. The summed E-state index contributed by atoms with van der Waals surface area (Å²) in [6.07, 6.45) is 5.05. The van der Waals surface area contributed by atoms with E-state index in [1.165, 1.54) is 55.5 Å². The molecule has 8 heteroatoms. The molecule has 2 N–H and O–H groups in total. The summed E-state index contributed by atoms with van der Waals surface area (Å²) in [4.78, 5) is 13.1. The van der Waals surface area contributed by atoms with E-state index in [-0.39, 0.29) is 5.75 Å². The molecule has 0 spiro atoms. The number of fused-ring (bicyclic) bond motifs is 1. The number of carbonyl (C=O) groups is 1. The van der Waals surface area contributed by atoms with Gasteiger partial charge in [0.15, 0.2) is 4.34 Å². The molecule has 0 aromatic carbocycles. The Morgan fingerprint density at radius 3 is 3.15 bits per heavy atom. The standard InChI is InChI=1S/C12H18N4O2S2/c17-10(18)7-19-12-15-14-11(20-12)13-8-4-6-16-5-2-1-3-9(8)16/h8-9H,1-7H2,(H,13,14)(H,17,18). The van der Waals surface area contributed by atoms with Crippen LogP contribution >= 0.6 is 23.1 Å². The van der Waals surface area contributed by atoms with Gasteiger partial charge >= 0.3 is 5.97 Å². The van der Waals surface area contributed by atoms with Gasteiger partial charge in [-0.1, -0.05) is 29.5 Å². The van der Waals surface area contributed by atoms with E-state index in [0.717, 1.165) is 11.6 Å². The smallest absolute Gasteiger partial charge is 0.313 e. The Labute approximate surface area is 126 Å². The molecule has 3 rings (SSSR count). The number of piperidine rings is 1. The van der Waals surface area contributed by atoms with Crippen LogP contribution in [-0.4, -0.2) is 57.1 Å². The molecule has 2 aliphatic heterocycles. The van der Waals surface area contributed by atoms with Crippen LogP contribution in [-0.2, 0) is 4.79 Å². The largest absolute Gasteiger partial charge is 0.481 e. The molecule has 0 aliphatic carbocycles. The second kappa shape index (κ2) is 6.28. The van der Waals surface area contributed by atoms with Gasteiger partial charge in [0, 0.05) is 18.6 Å². The highest BCUT2D eigenvalue weighted by atomic mass is 32.2. The lowest BCUT2D eigenvalue weighted by atomic mass is 9.99. The lowest BCUT2D eigenvalue weighted by Gasteiger charge is -2.32. The molecule has 6 nitrogen and oxygen atoms in total. The number of nitrogens with zero attached hydrogens (tertiary/aromatic N) is 3. The first kappa shape index (κ1) is 14.1. The van der Waals surface area contributed by atoms with Crippen LogP contribution in [0.15, 0.2) is 4.34 Å². The Balaban J connectivity index is 1.56. The van der Waals surface area contributed by atoms with E-state index in [2.05, 4.69) is 20.4 Å². The third kappa shape index (κ3) is 3.24. The molecule has 2 saturated heterocycles. The van der Waals surface area contributed by atoms with Crippen molar-refractivity contribution in [3.63, 3.8) is 0 Å². The van der Waals surface area contributed by atoms with E-state index < -0.39 is 5.97 Å². The van der Waals surface area contributed by atoms with Gasteiger partial charge in [-0.25, -0.2) is 0 Å². The van der Waals surface area contributed by atoms with E-state index in [4.69, 9.17) is 5.11 Å². The van der Waals surface area contributed by atoms with Crippen LogP contribution in [0.25, 0.3) is 0 Å². The van der Waals surface area contributed by atoms with Gasteiger partial charge in [0.1, 0.15) is 0 Å². The van der Waals surface area contributed by atoms with Crippen molar-refractivity contribution in [1.82, 2.24) is 15.1 Å². The van der Waals surface area contributed by atoms with Gasteiger partial charge in [0.2, 0.25) is 5.13 Å². The molecule has 0 saturated carbocycles. The number of rotatable bonds is 5. The molecule has 1 aromatic heterocycles. The average Bonchev–Trinajstić information content (AvgIpc) is 3.05. The predicted molar refractivity (Wildman–Crippen MR) is 79.5 cm³/mol. The molecule has 2 fully saturated rings. The summed E-state index contributed by atoms with van der Waals surface area (Å²) in [6.45, 7) is 2.39. The molecule has 110 valence electrons. The van der Waals surface area contributed by atoms with E-state index in [1.54, 1.807) is 0 Å². The molecule has 2 aliphatic rings. The van der Waals surface area contributed by atoms with Gasteiger partial charge in [0.05, 0.1) is 5.75 Å². The van der Waals surface area contributed by atoms with E-state index in [0.29, 0.717) is 16.4 Å². The fourth-order valence-electron chi connectivity index (χ4n) is 3.02. The molecule has 20 heavy (non-hydrogen) atoms. The van der Waals surface area contributed by atoms with Crippen LogP contribution < -0.4 is 5.32 Å². The van der Waals surface area contributed by atoms with Crippen LogP contribution in [0.5, 0.6) is 0 Å². The second-order valence-electron chi connectivity index (χ2n) is 5.19. The van der Waals surface area contributed by atoms with E-state index in [1.807, 2.05) is 0 Å². The number of thioether (sulfide) groups is 1. The molecular formula is C12H18N4O2S2. The fraction of sp³-hybridized carbons (Fsp3) is 0.750. The molecule has 0 radical (unpaired) electrons. The zero-order chi connectivity index (χ0) is 13.9. The minimum absolute atomic E-state index is 0.0362. The number of nitrogens with one attached hydrogen (secondary N) is 1. The predicted octanol–water partition coefficient (Wildman–Crippen LogP) is 1.75. The maximum atomic E-state index is 10.5. The maximum Gasteiger partial charge on any atom is 0.313 e. The van der Waals surface area contributed by atoms with Crippen LogP contribution in [0.3, 0.4) is 0 Å². The zero-order valence-electron chi connectivity index (χ0n) is 11.1. The Hall–Kier alpha value is -0.860. The summed E-state index contributed by atoms with van der Waals surface area (Å²) in [5, 5.41) is 21.1. The Morgan fingerprint density at radius 1 is 1.40 bits per heavy atom. The molecule has 3 heterocycles. The molecule has 0 bridgehead atoms. The second-order valence-corrected chi connectivity index (χ2v) is 7.39. The number of anilines is 1. The van der Waals surface area contributed by atoms with Gasteiger partial charge in [0.25, 0.3) is 0 Å². The Bertz CT molecular complexity index is 482. The average molecular weight is 314 g/mol. The number of carboxylic acids is 1. The first-order valence-corrected chi connectivity index (χ1v) is 8.71. The van der Waals surface area contributed by atoms with Crippen molar-refractivity contribution in [1.29, 1.82) is 0 Å². The third-order valence-corrected chi connectivity index (χ3v) is 5.86. The van der Waals surface area contributed by atoms with Crippen molar-refractivity contribution >= 4 is 34.2 Å². The monoisotopic (exact) mass is 314 g/mol. The zero-order valence-corrected chi connectivity index (χ0v) is 12.8. The SMILES string of the molecule is O=C(O)CSc1nnc(NC2CCN3CCCCC23)s1. The lowest BCUT2D eigenvalue weighted by Crippen LogP contribution is -2.41. The maximum absolute atomic E-state index is 10.5. The molecule has 2 atom stereocenters. The third-order valence-electron chi connectivity index (χ3n) is 3.89. The van der Waals surface area contributed by atoms with Crippen LogP contribution in [0, 0.1) is 0 Å². The van der Waals surface area contributed by atoms with Crippen LogP contribution in [0.2, 0.25) is 0 Å². The normalized spacial score (nSPS) is 26.4. The molecule has 2 unspecified atom stereocenters. The summed E-state index contributed by atoms with van der Waals surface area (Å²) in [7, 11) is 0. The lowest BCUT2D eigenvalue weighted by molar-refractivity contribution is -0.133. The topological polar surface area (TPSA) is 78.3 Å². The van der Waals surface area contributed by atoms with E-state index in [9.17, 15) is 4.79 Å². The number of hydrogen-bond donors (Lipinski definition) is 2. The van der Waals surface area contributed by atoms with Crippen molar-refractivity contribution in [3.8, 4) is 0 Å². The summed E-state index contributed by atoms with van der Waals surface area (Å²) in [5.74, 6) is -0.789. The minimum Gasteiger partial charge on any atom is -0.481 e. The van der Waals surface area contributed by atoms with Gasteiger partial charge in [-0.05, 0) is 25.8 Å². The van der Waals surface area contributed by atoms with Gasteiger partial charge < -0.3 is 10.4 Å². The summed E-state index contributed by atoms with van der Waals surface area (Å²) in [5.41, 5.74) is 0. The number of carboxylic acid groups (broad SMARTS) is 1. The number of hydrogen-bond acceptors (Lipinski definition) is 7.